The number of benzene rings is 8. The average molecular weight is 877 g/mol. The lowest BCUT2D eigenvalue weighted by molar-refractivity contribution is 0.589. The monoisotopic (exact) mass is 876 g/mol. The van der Waals surface area contributed by atoms with E-state index in [1.54, 1.807) is 0 Å². The number of para-hydroxylation sites is 2. The maximum Gasteiger partial charge on any atom is 0.249 e. The van der Waals surface area contributed by atoms with Crippen LogP contribution in [-0.4, -0.2) is 6.71 Å². The summed E-state index contributed by atoms with van der Waals surface area (Å²) >= 11 is 1.91. The third-order valence-corrected chi connectivity index (χ3v) is 15.1. The van der Waals surface area contributed by atoms with Gasteiger partial charge in [-0.2, -0.15) is 0 Å². The molecule has 2 aromatic heterocycles. The largest absolute Gasteiger partial charge is 0.456 e. The maximum absolute atomic E-state index is 6.66. The number of nitrogens with zero attached hydrogens (tertiary/aromatic N) is 2. The number of rotatable bonds is 4. The minimum atomic E-state index is -0.0830. The molecule has 0 bridgehead atoms. The second-order valence-electron chi connectivity index (χ2n) is 21.5. The van der Waals surface area contributed by atoms with Gasteiger partial charge in [0.1, 0.15) is 22.3 Å². The third kappa shape index (κ3) is 6.51. The van der Waals surface area contributed by atoms with Crippen molar-refractivity contribution in [2.24, 2.45) is 0 Å². The van der Waals surface area contributed by atoms with Crippen LogP contribution in [0.3, 0.4) is 0 Å². The van der Waals surface area contributed by atoms with Crippen LogP contribution >= 0.6 is 11.8 Å². The predicted molar refractivity (Wildman–Crippen MR) is 282 cm³/mol. The van der Waals surface area contributed by atoms with Gasteiger partial charge in [-0.1, -0.05) is 152 Å². The number of hydrogen-bond donors (Lipinski definition) is 0. The van der Waals surface area contributed by atoms with Crippen LogP contribution < -0.4 is 26.2 Å². The van der Waals surface area contributed by atoms with Gasteiger partial charge in [-0.3, -0.25) is 0 Å². The van der Waals surface area contributed by atoms with Crippen LogP contribution in [0.25, 0.3) is 43.9 Å². The third-order valence-electron chi connectivity index (χ3n) is 14.0. The predicted octanol–water partition coefficient (Wildman–Crippen LogP) is 15.6. The van der Waals surface area contributed by atoms with Gasteiger partial charge in [0.15, 0.2) is 0 Å². The Morgan fingerprint density at radius 2 is 0.970 bits per heavy atom. The van der Waals surface area contributed by atoms with E-state index >= 15 is 0 Å². The summed E-state index contributed by atoms with van der Waals surface area (Å²) < 4.78 is 13.0. The lowest BCUT2D eigenvalue weighted by Gasteiger charge is -2.41. The highest BCUT2D eigenvalue weighted by atomic mass is 32.2. The van der Waals surface area contributed by atoms with Crippen molar-refractivity contribution in [1.29, 1.82) is 0 Å². The Bertz CT molecular complexity index is 3580. The fourth-order valence-corrected chi connectivity index (χ4v) is 11.6. The van der Waals surface area contributed by atoms with Gasteiger partial charge in [-0.25, -0.2) is 0 Å². The molecule has 0 unspecified atom stereocenters. The summed E-state index contributed by atoms with van der Waals surface area (Å²) in [6, 6.07) is 58.7. The molecule has 0 atom stereocenters. The molecule has 10 aromatic rings. The van der Waals surface area contributed by atoms with E-state index < -0.39 is 0 Å². The van der Waals surface area contributed by atoms with Gasteiger partial charge in [0.2, 0.25) is 6.71 Å². The van der Waals surface area contributed by atoms with Crippen molar-refractivity contribution in [2.75, 3.05) is 9.80 Å². The number of anilines is 6. The minimum Gasteiger partial charge on any atom is -0.456 e. The molecule has 0 N–H and O–H groups in total. The maximum atomic E-state index is 6.66. The van der Waals surface area contributed by atoms with E-state index in [-0.39, 0.29) is 23.0 Å². The molecule has 4 nitrogen and oxygen atoms in total. The first-order valence-electron chi connectivity index (χ1n) is 23.3. The van der Waals surface area contributed by atoms with Crippen LogP contribution in [0.15, 0.2) is 176 Å². The van der Waals surface area contributed by atoms with Crippen LogP contribution in [0.2, 0.25) is 0 Å². The van der Waals surface area contributed by atoms with Gasteiger partial charge in [-0.15, -0.1) is 0 Å². The van der Waals surface area contributed by atoms with Crippen molar-refractivity contribution in [3.05, 3.63) is 174 Å². The van der Waals surface area contributed by atoms with Crippen LogP contribution in [-0.2, 0) is 16.2 Å². The Kier molecular flexibility index (Phi) is 8.94. The molecule has 0 aliphatic carbocycles. The van der Waals surface area contributed by atoms with E-state index in [2.05, 4.69) is 224 Å². The van der Waals surface area contributed by atoms with Crippen LogP contribution in [0.1, 0.15) is 79.0 Å². The van der Waals surface area contributed by atoms with Gasteiger partial charge < -0.3 is 18.6 Å². The summed E-state index contributed by atoms with van der Waals surface area (Å²) in [4.78, 5) is 7.50. The van der Waals surface area contributed by atoms with Gasteiger partial charge in [0.25, 0.3) is 0 Å². The van der Waals surface area contributed by atoms with E-state index in [1.807, 2.05) is 17.8 Å². The zero-order valence-electron chi connectivity index (χ0n) is 39.2. The van der Waals surface area contributed by atoms with Crippen molar-refractivity contribution in [1.82, 2.24) is 0 Å². The van der Waals surface area contributed by atoms with E-state index in [4.69, 9.17) is 8.83 Å². The van der Waals surface area contributed by atoms with E-state index in [0.29, 0.717) is 0 Å². The highest BCUT2D eigenvalue weighted by Crippen LogP contribution is 2.47. The normalized spacial score (nSPS) is 13.7. The van der Waals surface area contributed by atoms with E-state index in [0.717, 1.165) is 72.3 Å². The molecule has 0 saturated carbocycles. The molecule has 12 rings (SSSR count). The smallest absolute Gasteiger partial charge is 0.249 e. The Morgan fingerprint density at radius 3 is 1.62 bits per heavy atom. The van der Waals surface area contributed by atoms with E-state index in [9.17, 15) is 0 Å². The topological polar surface area (TPSA) is 32.8 Å². The highest BCUT2D eigenvalue weighted by molar-refractivity contribution is 8.00. The molecule has 0 spiro atoms. The Balaban J connectivity index is 1.09. The van der Waals surface area contributed by atoms with Gasteiger partial charge in [0, 0.05) is 71.5 Å². The second kappa shape index (κ2) is 14.4. The van der Waals surface area contributed by atoms with Gasteiger partial charge in [-0.05, 0) is 123 Å². The zero-order chi connectivity index (χ0) is 45.4. The quantitative estimate of drug-likeness (QED) is 0.165. The van der Waals surface area contributed by atoms with Crippen molar-refractivity contribution >= 4 is 113 Å². The molecule has 0 amide bonds. The Labute approximate surface area is 392 Å². The number of furan rings is 2. The van der Waals surface area contributed by atoms with Crippen LogP contribution in [0, 0.1) is 0 Å². The van der Waals surface area contributed by atoms with Gasteiger partial charge in [0.05, 0.1) is 0 Å². The Morgan fingerprint density at radius 1 is 0.424 bits per heavy atom. The fraction of sp³-hybridized carbons (Fsp3) is 0.200. The summed E-state index contributed by atoms with van der Waals surface area (Å²) in [5.41, 5.74) is 18.3. The lowest BCUT2D eigenvalue weighted by atomic mass is 9.34. The summed E-state index contributed by atoms with van der Waals surface area (Å²) in [7, 11) is 0. The van der Waals surface area contributed by atoms with Crippen LogP contribution in [0.5, 0.6) is 0 Å². The molecule has 324 valence electrons. The number of hydrogen-bond acceptors (Lipinski definition) is 5. The van der Waals surface area contributed by atoms with E-state index in [1.165, 1.54) is 48.6 Å². The van der Waals surface area contributed by atoms with Crippen molar-refractivity contribution in [3.8, 4) is 0 Å². The minimum absolute atomic E-state index is 0.000595. The molecule has 0 saturated heterocycles. The lowest BCUT2D eigenvalue weighted by Crippen LogP contribution is -2.60. The molecule has 66 heavy (non-hydrogen) atoms. The molecule has 2 aliphatic heterocycles. The first-order valence-corrected chi connectivity index (χ1v) is 24.1. The molecule has 2 aliphatic rings. The summed E-state index contributed by atoms with van der Waals surface area (Å²) in [5, 5.41) is 4.52. The summed E-state index contributed by atoms with van der Waals surface area (Å²) in [6.45, 7) is 20.7. The van der Waals surface area contributed by atoms with Crippen LogP contribution in [0.4, 0.5) is 34.1 Å². The first-order chi connectivity index (χ1) is 31.6. The van der Waals surface area contributed by atoms with Crippen molar-refractivity contribution < 1.29 is 8.83 Å². The van der Waals surface area contributed by atoms with Crippen molar-refractivity contribution in [2.45, 2.75) is 88.3 Å². The number of fused-ring (bicyclic) bond motifs is 10. The Hall–Kier alpha value is -6.63. The highest BCUT2D eigenvalue weighted by Gasteiger charge is 2.43. The molecule has 6 heteroatoms. The second-order valence-corrected chi connectivity index (χ2v) is 22.5. The fourth-order valence-electron chi connectivity index (χ4n) is 10.3. The average Bonchev–Trinajstić information content (AvgIpc) is 3.85. The molecule has 0 fully saturated rings. The molecular formula is C60H53BN2O2S. The SMILES string of the molecule is CC(C)(C)c1ccc(N(c2ccc3c(c2)Sc2cc(C(C)(C)C)cc4c2B3c2cc3c(cc2N4c2ccc(C(C)(C)C)cc2)oc2ccccc23)c2ccc3oc4ccccc4c3c2)cc1. The van der Waals surface area contributed by atoms with Gasteiger partial charge >= 0.3 is 0 Å². The molecule has 8 aromatic carbocycles. The first kappa shape index (κ1) is 40.9. The molecule has 0 radical (unpaired) electrons. The standard InChI is InChI=1S/C60H53BN2O2S/c1-58(2,3)36-18-22-39(23-19-36)62(41-27-29-53-45(32-41)43-14-10-12-16-51(43)64-53)42-26-28-47-55(33-42)66-56-31-38(60(7,8)9)30-50-57(56)61(47)48-34-46-44-15-11-13-17-52(44)65-54(46)35-49(48)63(50)40-24-20-37(21-25-40)59(4,5)6/h10-35H,1-9H3. The zero-order valence-corrected chi connectivity index (χ0v) is 40.0. The summed E-state index contributed by atoms with van der Waals surface area (Å²) in [5.74, 6) is 0. The van der Waals surface area contributed by atoms with Crippen molar-refractivity contribution in [3.63, 3.8) is 0 Å². The summed E-state index contributed by atoms with van der Waals surface area (Å²) in [6.07, 6.45) is 0. The molecule has 4 heterocycles. The molecular weight excluding hydrogens is 824 g/mol.